The number of nitrogens with two attached hydrogens (primary N) is 1. The molecule has 3 aromatic rings. The molecular weight excluding hydrogens is 422 g/mol. The molecule has 1 aromatic carbocycles. The van der Waals surface area contributed by atoms with Crippen LogP contribution in [0.2, 0.25) is 0 Å². The molecule has 164 valence electrons. The number of hydrogen-bond donors (Lipinski definition) is 3. The fourth-order valence-corrected chi connectivity index (χ4v) is 4.71. The van der Waals surface area contributed by atoms with Gasteiger partial charge in [0.2, 0.25) is 0 Å². The Morgan fingerprint density at radius 2 is 2.13 bits per heavy atom. The lowest BCUT2D eigenvalue weighted by molar-refractivity contribution is -0.0369. The summed E-state index contributed by atoms with van der Waals surface area (Å²) in [5.74, 6) is 0.734. The number of nitrogens with one attached hydrogen (secondary N) is 1. The normalized spacial score (nSPS) is 25.7. The zero-order valence-corrected chi connectivity index (χ0v) is 17.4. The largest absolute Gasteiger partial charge is 0.390 e. The average Bonchev–Trinajstić information content (AvgIpc) is 3.43. The molecule has 1 aliphatic heterocycles. The smallest absolute Gasteiger partial charge is 0.333 e. The number of aromatic nitrogens is 3. The van der Waals surface area contributed by atoms with Crippen molar-refractivity contribution in [1.82, 2.24) is 14.5 Å². The van der Waals surface area contributed by atoms with Gasteiger partial charge in [0.1, 0.15) is 30.1 Å². The van der Waals surface area contributed by atoms with Gasteiger partial charge in [-0.3, -0.25) is 4.18 Å². The third-order valence-corrected chi connectivity index (χ3v) is 6.33. The molecule has 1 saturated heterocycles. The van der Waals surface area contributed by atoms with Crippen LogP contribution in [0.4, 0.5) is 5.82 Å². The Kier molecular flexibility index (Phi) is 5.15. The fourth-order valence-electron chi connectivity index (χ4n) is 4.39. The number of aryl methyl sites for hydroxylation is 1. The Bertz CT molecular complexity index is 1210. The highest BCUT2D eigenvalue weighted by Crippen LogP contribution is 2.36. The van der Waals surface area contributed by atoms with Crippen LogP contribution >= 0.6 is 0 Å². The van der Waals surface area contributed by atoms with Crippen molar-refractivity contribution in [3.63, 3.8) is 0 Å². The van der Waals surface area contributed by atoms with Gasteiger partial charge >= 0.3 is 10.3 Å². The number of rotatable bonds is 6. The number of nitrogens with zero attached hydrogens (tertiary/aromatic N) is 3. The van der Waals surface area contributed by atoms with E-state index < -0.39 is 28.7 Å². The molecule has 2 aliphatic rings. The Labute approximate surface area is 179 Å². The van der Waals surface area contributed by atoms with Crippen molar-refractivity contribution in [2.45, 2.75) is 43.7 Å². The summed E-state index contributed by atoms with van der Waals surface area (Å²) in [5.41, 5.74) is 3.30. The third kappa shape index (κ3) is 4.02. The van der Waals surface area contributed by atoms with Gasteiger partial charge in [0.05, 0.1) is 24.1 Å². The maximum atomic E-state index is 11.0. The van der Waals surface area contributed by atoms with Crippen LogP contribution in [0.3, 0.4) is 0 Å². The topological polar surface area (TPSA) is 142 Å². The molecule has 5 rings (SSSR count). The zero-order chi connectivity index (χ0) is 21.6. The summed E-state index contributed by atoms with van der Waals surface area (Å²) in [7, 11) is -4.11. The van der Waals surface area contributed by atoms with E-state index in [-0.39, 0.29) is 19.1 Å². The predicted octanol–water partition coefficient (Wildman–Crippen LogP) is 1.40. The van der Waals surface area contributed by atoms with E-state index in [1.54, 1.807) is 0 Å². The van der Waals surface area contributed by atoms with Crippen molar-refractivity contribution in [2.24, 2.45) is 5.14 Å². The average molecular weight is 446 g/mol. The summed E-state index contributed by atoms with van der Waals surface area (Å²) in [5, 5.41) is 19.5. The molecule has 4 N–H and O–H groups in total. The highest BCUT2D eigenvalue weighted by Gasteiger charge is 2.36. The van der Waals surface area contributed by atoms with Gasteiger partial charge < -0.3 is 19.7 Å². The first-order valence-corrected chi connectivity index (χ1v) is 11.5. The molecule has 10 nitrogen and oxygen atoms in total. The molecule has 0 unspecified atom stereocenters. The summed E-state index contributed by atoms with van der Waals surface area (Å²) >= 11 is 0. The van der Waals surface area contributed by atoms with E-state index in [1.807, 2.05) is 22.9 Å². The zero-order valence-electron chi connectivity index (χ0n) is 16.6. The lowest BCUT2D eigenvalue weighted by Gasteiger charge is -2.17. The minimum absolute atomic E-state index is 0.182. The minimum Gasteiger partial charge on any atom is -0.390 e. The van der Waals surface area contributed by atoms with Gasteiger partial charge in [-0.2, -0.15) is 8.42 Å². The van der Waals surface area contributed by atoms with E-state index in [4.69, 9.17) is 9.88 Å². The molecule has 0 spiro atoms. The van der Waals surface area contributed by atoms with E-state index >= 15 is 0 Å². The van der Waals surface area contributed by atoms with Crippen molar-refractivity contribution in [2.75, 3.05) is 11.9 Å². The number of fused-ring (bicyclic) bond motifs is 2. The van der Waals surface area contributed by atoms with Crippen LogP contribution in [-0.4, -0.2) is 46.9 Å². The van der Waals surface area contributed by atoms with E-state index in [1.165, 1.54) is 17.5 Å². The van der Waals surface area contributed by atoms with Crippen molar-refractivity contribution in [3.8, 4) is 0 Å². The molecule has 3 heterocycles. The second kappa shape index (κ2) is 7.84. The van der Waals surface area contributed by atoms with E-state index in [0.29, 0.717) is 5.65 Å². The van der Waals surface area contributed by atoms with Crippen LogP contribution in [0.15, 0.2) is 42.9 Å². The van der Waals surface area contributed by atoms with Gasteiger partial charge in [-0.05, 0) is 30.0 Å². The molecule has 1 aliphatic carbocycles. The Hall–Kier alpha value is -2.57. The van der Waals surface area contributed by atoms with Crippen LogP contribution in [0.25, 0.3) is 11.0 Å². The van der Waals surface area contributed by atoms with Gasteiger partial charge in [0, 0.05) is 12.6 Å². The quantitative estimate of drug-likeness (QED) is 0.517. The standard InChI is InChI=1S/C20H23N5O5S/c21-31(27,28)29-10-17-16(26)9-18(30-17)25-8-7-14-19(22-11-23-20(14)25)24-15-6-5-12-3-1-2-4-13(12)15/h1-4,7-8,11,15-18,26H,5-6,9-10H2,(H2,21,27,28)(H,22,23,24)/t15-,16-,17-,18+/m0/s1. The van der Waals surface area contributed by atoms with Crippen molar-refractivity contribution in [1.29, 1.82) is 0 Å². The first kappa shape index (κ1) is 20.3. The van der Waals surface area contributed by atoms with E-state index in [0.717, 1.165) is 24.0 Å². The van der Waals surface area contributed by atoms with Gasteiger partial charge in [-0.1, -0.05) is 24.3 Å². The summed E-state index contributed by atoms with van der Waals surface area (Å²) in [6.45, 7) is -0.349. The molecule has 2 aromatic heterocycles. The molecule has 4 atom stereocenters. The third-order valence-electron chi connectivity index (χ3n) is 5.86. The predicted molar refractivity (Wildman–Crippen MR) is 112 cm³/mol. The molecule has 0 saturated carbocycles. The first-order chi connectivity index (χ1) is 14.9. The van der Waals surface area contributed by atoms with Crippen molar-refractivity contribution >= 4 is 27.2 Å². The highest BCUT2D eigenvalue weighted by atomic mass is 32.2. The second-order valence-corrected chi connectivity index (χ2v) is 9.05. The summed E-state index contributed by atoms with van der Waals surface area (Å²) in [6, 6.07) is 10.5. The molecular formula is C20H23N5O5S. The highest BCUT2D eigenvalue weighted by molar-refractivity contribution is 7.84. The van der Waals surface area contributed by atoms with Gasteiger partial charge in [-0.25, -0.2) is 15.1 Å². The Morgan fingerprint density at radius 1 is 1.29 bits per heavy atom. The number of aliphatic hydroxyl groups is 1. The molecule has 11 heteroatoms. The number of aliphatic hydroxyl groups excluding tert-OH is 1. The lowest BCUT2D eigenvalue weighted by Crippen LogP contribution is -2.30. The maximum absolute atomic E-state index is 11.0. The molecule has 1 fully saturated rings. The number of benzene rings is 1. The fraction of sp³-hybridized carbons (Fsp3) is 0.400. The van der Waals surface area contributed by atoms with Gasteiger partial charge in [-0.15, -0.1) is 0 Å². The van der Waals surface area contributed by atoms with Crippen molar-refractivity contribution in [3.05, 3.63) is 54.0 Å². The van der Waals surface area contributed by atoms with Crippen molar-refractivity contribution < 1.29 is 22.4 Å². The van der Waals surface area contributed by atoms with Crippen LogP contribution in [0.5, 0.6) is 0 Å². The maximum Gasteiger partial charge on any atom is 0.333 e. The molecule has 31 heavy (non-hydrogen) atoms. The molecule has 0 amide bonds. The number of anilines is 1. The Morgan fingerprint density at radius 3 is 2.97 bits per heavy atom. The van der Waals surface area contributed by atoms with Gasteiger partial charge in [0.15, 0.2) is 0 Å². The van der Waals surface area contributed by atoms with Crippen LogP contribution in [0, 0.1) is 0 Å². The van der Waals surface area contributed by atoms with E-state index in [9.17, 15) is 13.5 Å². The van der Waals surface area contributed by atoms with Gasteiger partial charge in [0.25, 0.3) is 0 Å². The minimum atomic E-state index is -4.11. The second-order valence-electron chi connectivity index (χ2n) is 7.83. The summed E-state index contributed by atoms with van der Waals surface area (Å²) in [6.07, 6.45) is 3.40. The number of hydrogen-bond acceptors (Lipinski definition) is 8. The SMILES string of the molecule is NS(=O)(=O)OC[C@@H]1O[C@@H](n2ccc3c(N[C@H]4CCc5ccccc54)ncnc32)C[C@@H]1O. The van der Waals surface area contributed by atoms with Crippen LogP contribution in [0.1, 0.15) is 36.2 Å². The molecule has 0 bridgehead atoms. The van der Waals surface area contributed by atoms with Crippen LogP contribution < -0.4 is 10.5 Å². The monoisotopic (exact) mass is 445 g/mol. The summed E-state index contributed by atoms with van der Waals surface area (Å²) in [4.78, 5) is 8.85. The number of ether oxygens (including phenoxy) is 1. The summed E-state index contributed by atoms with van der Waals surface area (Å²) < 4.78 is 34.3. The van der Waals surface area contributed by atoms with Crippen LogP contribution in [-0.2, 0) is 25.6 Å². The van der Waals surface area contributed by atoms with E-state index in [2.05, 4.69) is 37.7 Å². The Balaban J connectivity index is 1.37. The first-order valence-electron chi connectivity index (χ1n) is 10.1. The lowest BCUT2D eigenvalue weighted by atomic mass is 10.1. The molecule has 0 radical (unpaired) electrons.